The molecule has 0 aromatic heterocycles. The summed E-state index contributed by atoms with van der Waals surface area (Å²) in [4.78, 5) is 25.3. The lowest BCUT2D eigenvalue weighted by molar-refractivity contribution is -0.148. The lowest BCUT2D eigenvalue weighted by Crippen LogP contribution is -2.53. The van der Waals surface area contributed by atoms with Gasteiger partial charge in [0.05, 0.1) is 11.7 Å². The Morgan fingerprint density at radius 2 is 2.20 bits per heavy atom. The zero-order chi connectivity index (χ0) is 18.2. The molecular formula is C18H21NO6. The van der Waals surface area contributed by atoms with Crippen molar-refractivity contribution in [3.05, 3.63) is 36.4 Å². The predicted molar refractivity (Wildman–Crippen MR) is 89.4 cm³/mol. The van der Waals surface area contributed by atoms with Gasteiger partial charge >= 0.3 is 6.09 Å². The molecule has 0 bridgehead atoms. The first-order valence-corrected chi connectivity index (χ1v) is 8.07. The summed E-state index contributed by atoms with van der Waals surface area (Å²) < 4.78 is 17.1. The van der Waals surface area contributed by atoms with Crippen molar-refractivity contribution in [2.24, 2.45) is 0 Å². The molecule has 2 aliphatic rings. The van der Waals surface area contributed by atoms with E-state index in [0.717, 1.165) is 6.29 Å². The van der Waals surface area contributed by atoms with Gasteiger partial charge in [0.15, 0.2) is 5.79 Å². The van der Waals surface area contributed by atoms with Crippen LogP contribution in [-0.4, -0.2) is 42.0 Å². The highest BCUT2D eigenvalue weighted by Crippen LogP contribution is 2.49. The fourth-order valence-corrected chi connectivity index (χ4v) is 3.40. The average Bonchev–Trinajstić information content (AvgIpc) is 2.89. The van der Waals surface area contributed by atoms with E-state index >= 15 is 0 Å². The summed E-state index contributed by atoms with van der Waals surface area (Å²) in [6, 6.07) is 4.07. The number of carbonyl (C=O) groups excluding carboxylic acids is 2. The smallest absolute Gasteiger partial charge is 0.414 e. The molecule has 25 heavy (non-hydrogen) atoms. The molecule has 1 aromatic carbocycles. The van der Waals surface area contributed by atoms with Crippen LogP contribution in [0.2, 0.25) is 0 Å². The van der Waals surface area contributed by atoms with Crippen LogP contribution in [0, 0.1) is 0 Å². The molecule has 1 saturated heterocycles. The Balaban J connectivity index is 2.09. The van der Waals surface area contributed by atoms with Crippen molar-refractivity contribution < 1.29 is 28.9 Å². The predicted octanol–water partition coefficient (Wildman–Crippen LogP) is 2.69. The molecule has 1 amide bonds. The quantitative estimate of drug-likeness (QED) is 0.666. The lowest BCUT2D eigenvalue weighted by Gasteiger charge is -2.40. The van der Waals surface area contributed by atoms with Crippen molar-refractivity contribution >= 4 is 18.1 Å². The molecule has 0 unspecified atom stereocenters. The standard InChI is InChI=1S/C18H21NO6/c1-4-9-23-17(22)19-13-6-5-11(21)10-12(13)15-16(14(19)7-8-20)25-18(2,3)24-15/h4-6,8,10,14-16,21H,1,7,9H2,2-3H3/t14-,15-,16-/m0/s1. The summed E-state index contributed by atoms with van der Waals surface area (Å²) in [5.41, 5.74) is 1.15. The van der Waals surface area contributed by atoms with Gasteiger partial charge in [0.1, 0.15) is 30.9 Å². The first-order valence-electron chi connectivity index (χ1n) is 8.07. The van der Waals surface area contributed by atoms with Crippen LogP contribution < -0.4 is 4.90 Å². The molecule has 0 radical (unpaired) electrons. The summed E-state index contributed by atoms with van der Waals surface area (Å²) in [6.07, 6.45) is 0.636. The third-order valence-corrected chi connectivity index (χ3v) is 4.28. The number of hydrogen-bond donors (Lipinski definition) is 1. The third-order valence-electron chi connectivity index (χ3n) is 4.28. The van der Waals surface area contributed by atoms with Crippen LogP contribution in [0.25, 0.3) is 0 Å². The van der Waals surface area contributed by atoms with Crippen LogP contribution in [0.3, 0.4) is 0 Å². The number of hydrogen-bond acceptors (Lipinski definition) is 6. The van der Waals surface area contributed by atoms with Crippen molar-refractivity contribution in [3.63, 3.8) is 0 Å². The van der Waals surface area contributed by atoms with Gasteiger partial charge in [0.25, 0.3) is 0 Å². The molecule has 2 aliphatic heterocycles. The van der Waals surface area contributed by atoms with Gasteiger partial charge in [-0.15, -0.1) is 0 Å². The van der Waals surface area contributed by atoms with Crippen molar-refractivity contribution in [2.45, 2.75) is 44.3 Å². The number of fused-ring (bicyclic) bond motifs is 3. The van der Waals surface area contributed by atoms with Gasteiger partial charge in [-0.2, -0.15) is 0 Å². The van der Waals surface area contributed by atoms with Gasteiger partial charge in [0, 0.05) is 12.0 Å². The number of benzene rings is 1. The Morgan fingerprint density at radius 1 is 1.44 bits per heavy atom. The minimum Gasteiger partial charge on any atom is -0.508 e. The number of nitrogens with zero attached hydrogens (tertiary/aromatic N) is 1. The van der Waals surface area contributed by atoms with Crippen LogP contribution in [0.5, 0.6) is 5.75 Å². The van der Waals surface area contributed by atoms with Crippen LogP contribution in [0.15, 0.2) is 30.9 Å². The molecule has 2 heterocycles. The highest BCUT2D eigenvalue weighted by Gasteiger charge is 2.53. The fraction of sp³-hybridized carbons (Fsp3) is 0.444. The number of carbonyl (C=O) groups is 2. The summed E-state index contributed by atoms with van der Waals surface area (Å²) in [5, 5.41) is 9.87. The molecule has 7 heteroatoms. The summed E-state index contributed by atoms with van der Waals surface area (Å²) in [6.45, 7) is 7.12. The number of rotatable bonds is 4. The second kappa shape index (κ2) is 6.50. The van der Waals surface area contributed by atoms with E-state index in [4.69, 9.17) is 14.2 Å². The van der Waals surface area contributed by atoms with E-state index in [0.29, 0.717) is 11.3 Å². The van der Waals surface area contributed by atoms with E-state index in [9.17, 15) is 14.7 Å². The molecule has 0 saturated carbocycles. The highest BCUT2D eigenvalue weighted by molar-refractivity contribution is 5.91. The van der Waals surface area contributed by atoms with Crippen LogP contribution >= 0.6 is 0 Å². The van der Waals surface area contributed by atoms with E-state index in [-0.39, 0.29) is 18.8 Å². The largest absolute Gasteiger partial charge is 0.508 e. The van der Waals surface area contributed by atoms with Crippen molar-refractivity contribution in [2.75, 3.05) is 11.5 Å². The highest BCUT2D eigenvalue weighted by atomic mass is 16.8. The normalized spacial score (nSPS) is 26.5. The molecule has 3 rings (SSSR count). The van der Waals surface area contributed by atoms with Gasteiger partial charge in [-0.25, -0.2) is 4.79 Å². The number of anilines is 1. The molecule has 1 fully saturated rings. The molecule has 7 nitrogen and oxygen atoms in total. The van der Waals surface area contributed by atoms with Crippen molar-refractivity contribution in [1.29, 1.82) is 0 Å². The van der Waals surface area contributed by atoms with Gasteiger partial charge in [-0.05, 0) is 32.0 Å². The van der Waals surface area contributed by atoms with E-state index in [1.54, 1.807) is 26.0 Å². The van der Waals surface area contributed by atoms with E-state index < -0.39 is 30.1 Å². The van der Waals surface area contributed by atoms with Crippen molar-refractivity contribution in [3.8, 4) is 5.75 Å². The number of phenols is 1. The Morgan fingerprint density at radius 3 is 2.88 bits per heavy atom. The number of aromatic hydroxyl groups is 1. The van der Waals surface area contributed by atoms with E-state index in [1.165, 1.54) is 17.0 Å². The SMILES string of the molecule is C=CCOC(=O)N1c2ccc(O)cc2[C@@H]2OC(C)(C)O[C@H]2[C@@H]1CC=O. The molecule has 1 N–H and O–H groups in total. The maximum atomic E-state index is 12.6. The molecule has 0 aliphatic carbocycles. The number of phenolic OH excluding ortho intramolecular Hbond substituents is 1. The number of ether oxygens (including phenoxy) is 3. The van der Waals surface area contributed by atoms with Crippen LogP contribution in [0.1, 0.15) is 31.9 Å². The minimum atomic E-state index is -0.875. The minimum absolute atomic E-state index is 0.0491. The zero-order valence-electron chi connectivity index (χ0n) is 14.2. The second-order valence-corrected chi connectivity index (χ2v) is 6.47. The molecule has 0 spiro atoms. The van der Waals surface area contributed by atoms with Crippen LogP contribution in [0.4, 0.5) is 10.5 Å². The second-order valence-electron chi connectivity index (χ2n) is 6.47. The molecular weight excluding hydrogens is 326 g/mol. The monoisotopic (exact) mass is 347 g/mol. The Bertz CT molecular complexity index is 701. The van der Waals surface area contributed by atoms with Crippen LogP contribution in [-0.2, 0) is 19.0 Å². The average molecular weight is 347 g/mol. The van der Waals surface area contributed by atoms with Crippen molar-refractivity contribution in [1.82, 2.24) is 0 Å². The summed E-state index contributed by atoms with van der Waals surface area (Å²) in [5.74, 6) is -0.820. The van der Waals surface area contributed by atoms with Gasteiger partial charge < -0.3 is 24.1 Å². The Kier molecular flexibility index (Phi) is 4.53. The first-order chi connectivity index (χ1) is 11.9. The molecule has 3 atom stereocenters. The van der Waals surface area contributed by atoms with Gasteiger partial charge in [0.2, 0.25) is 0 Å². The number of aldehydes is 1. The third kappa shape index (κ3) is 3.12. The van der Waals surface area contributed by atoms with E-state index in [1.807, 2.05) is 0 Å². The Labute approximate surface area is 145 Å². The summed E-state index contributed by atoms with van der Waals surface area (Å²) in [7, 11) is 0. The Hall–Kier alpha value is -2.38. The maximum absolute atomic E-state index is 12.6. The fourth-order valence-electron chi connectivity index (χ4n) is 3.40. The molecule has 134 valence electrons. The summed E-state index contributed by atoms with van der Waals surface area (Å²) >= 11 is 0. The molecule has 1 aromatic rings. The number of amides is 1. The van der Waals surface area contributed by atoms with Gasteiger partial charge in [-0.1, -0.05) is 12.7 Å². The maximum Gasteiger partial charge on any atom is 0.414 e. The van der Waals surface area contributed by atoms with Gasteiger partial charge in [-0.3, -0.25) is 4.90 Å². The lowest BCUT2D eigenvalue weighted by atomic mass is 9.89. The topological polar surface area (TPSA) is 85.3 Å². The van der Waals surface area contributed by atoms with E-state index in [2.05, 4.69) is 6.58 Å². The zero-order valence-corrected chi connectivity index (χ0v) is 14.2. The first kappa shape index (κ1) is 17.4.